The highest BCUT2D eigenvalue weighted by Gasteiger charge is 2.08. The van der Waals surface area contributed by atoms with Crippen molar-refractivity contribution in [3.63, 3.8) is 0 Å². The van der Waals surface area contributed by atoms with Gasteiger partial charge in [-0.15, -0.1) is 0 Å². The maximum atomic E-state index is 13.9. The summed E-state index contributed by atoms with van der Waals surface area (Å²) >= 11 is 0. The maximum absolute atomic E-state index is 13.9. The molecule has 2 rings (SSSR count). The molecule has 0 heterocycles. The standard InChI is InChI=1S/C16H17F2NO/c1-11(19-2)13-5-8-16(15(18)9-13)20-10-12-3-6-14(17)7-4-12/h3-9,11,19H,10H2,1-2H3. The van der Waals surface area contributed by atoms with Gasteiger partial charge in [-0.1, -0.05) is 18.2 Å². The van der Waals surface area contributed by atoms with Crippen molar-refractivity contribution in [2.24, 2.45) is 0 Å². The monoisotopic (exact) mass is 277 g/mol. The molecular formula is C16H17F2NO. The summed E-state index contributed by atoms with van der Waals surface area (Å²) in [7, 11) is 1.82. The first kappa shape index (κ1) is 14.5. The summed E-state index contributed by atoms with van der Waals surface area (Å²) in [4.78, 5) is 0. The van der Waals surface area contributed by atoms with E-state index < -0.39 is 5.82 Å². The normalized spacial score (nSPS) is 12.2. The quantitative estimate of drug-likeness (QED) is 0.897. The zero-order valence-electron chi connectivity index (χ0n) is 11.5. The van der Waals surface area contributed by atoms with E-state index in [0.717, 1.165) is 11.1 Å². The van der Waals surface area contributed by atoms with Gasteiger partial charge >= 0.3 is 0 Å². The van der Waals surface area contributed by atoms with E-state index >= 15 is 0 Å². The molecule has 0 aliphatic rings. The summed E-state index contributed by atoms with van der Waals surface area (Å²) in [6, 6.07) is 10.9. The molecule has 106 valence electrons. The van der Waals surface area contributed by atoms with E-state index in [1.165, 1.54) is 18.2 Å². The van der Waals surface area contributed by atoms with E-state index in [9.17, 15) is 8.78 Å². The Bertz CT molecular complexity index is 569. The van der Waals surface area contributed by atoms with Crippen LogP contribution in [-0.2, 0) is 6.61 Å². The molecule has 2 nitrogen and oxygen atoms in total. The highest BCUT2D eigenvalue weighted by Crippen LogP contribution is 2.22. The molecule has 0 fully saturated rings. The van der Waals surface area contributed by atoms with Crippen molar-refractivity contribution in [1.29, 1.82) is 0 Å². The van der Waals surface area contributed by atoms with Gasteiger partial charge in [0.2, 0.25) is 0 Å². The van der Waals surface area contributed by atoms with Crippen molar-refractivity contribution in [1.82, 2.24) is 5.32 Å². The molecule has 1 N–H and O–H groups in total. The molecule has 0 aliphatic heterocycles. The number of ether oxygens (including phenoxy) is 1. The third-order valence-corrected chi connectivity index (χ3v) is 3.20. The van der Waals surface area contributed by atoms with Gasteiger partial charge < -0.3 is 10.1 Å². The lowest BCUT2D eigenvalue weighted by atomic mass is 10.1. The Morgan fingerprint density at radius 3 is 2.40 bits per heavy atom. The van der Waals surface area contributed by atoms with Gasteiger partial charge in [0.15, 0.2) is 11.6 Å². The molecule has 0 radical (unpaired) electrons. The Balaban J connectivity index is 2.04. The number of hydrogen-bond acceptors (Lipinski definition) is 2. The van der Waals surface area contributed by atoms with Gasteiger partial charge in [0.05, 0.1) is 0 Å². The first-order valence-corrected chi connectivity index (χ1v) is 6.44. The molecule has 20 heavy (non-hydrogen) atoms. The second-order valence-corrected chi connectivity index (χ2v) is 4.62. The fraction of sp³-hybridized carbons (Fsp3) is 0.250. The average Bonchev–Trinajstić information content (AvgIpc) is 2.46. The molecule has 0 aliphatic carbocycles. The van der Waals surface area contributed by atoms with Gasteiger partial charge in [0.25, 0.3) is 0 Å². The van der Waals surface area contributed by atoms with E-state index in [-0.39, 0.29) is 24.2 Å². The lowest BCUT2D eigenvalue weighted by Gasteiger charge is -2.13. The van der Waals surface area contributed by atoms with E-state index in [2.05, 4.69) is 5.32 Å². The van der Waals surface area contributed by atoms with Crippen molar-refractivity contribution < 1.29 is 13.5 Å². The maximum Gasteiger partial charge on any atom is 0.165 e. The van der Waals surface area contributed by atoms with Crippen molar-refractivity contribution in [3.05, 3.63) is 65.2 Å². The number of benzene rings is 2. The predicted octanol–water partition coefficient (Wildman–Crippen LogP) is 3.82. The average molecular weight is 277 g/mol. The van der Waals surface area contributed by atoms with E-state index in [0.29, 0.717) is 0 Å². The fourth-order valence-electron chi connectivity index (χ4n) is 1.81. The van der Waals surface area contributed by atoms with Crippen LogP contribution in [0.25, 0.3) is 0 Å². The summed E-state index contributed by atoms with van der Waals surface area (Å²) in [5.41, 5.74) is 1.65. The van der Waals surface area contributed by atoms with Gasteiger partial charge in [0, 0.05) is 6.04 Å². The first-order valence-electron chi connectivity index (χ1n) is 6.44. The third-order valence-electron chi connectivity index (χ3n) is 3.20. The summed E-state index contributed by atoms with van der Waals surface area (Å²) in [6.45, 7) is 2.16. The molecule has 0 amide bonds. The van der Waals surface area contributed by atoms with Gasteiger partial charge in [-0.05, 0) is 49.4 Å². The lowest BCUT2D eigenvalue weighted by molar-refractivity contribution is 0.290. The Morgan fingerprint density at radius 1 is 1.10 bits per heavy atom. The predicted molar refractivity (Wildman–Crippen MR) is 74.6 cm³/mol. The number of nitrogens with one attached hydrogen (secondary N) is 1. The van der Waals surface area contributed by atoms with Crippen LogP contribution in [0.1, 0.15) is 24.1 Å². The lowest BCUT2D eigenvalue weighted by Crippen LogP contribution is -2.12. The van der Waals surface area contributed by atoms with Gasteiger partial charge in [-0.3, -0.25) is 0 Å². The molecule has 4 heteroatoms. The van der Waals surface area contributed by atoms with E-state index in [4.69, 9.17) is 4.74 Å². The molecule has 1 unspecified atom stereocenters. The SMILES string of the molecule is CNC(C)c1ccc(OCc2ccc(F)cc2)c(F)c1. The molecule has 0 aromatic heterocycles. The van der Waals surface area contributed by atoms with Crippen LogP contribution in [0.3, 0.4) is 0 Å². The minimum atomic E-state index is -0.397. The summed E-state index contributed by atoms with van der Waals surface area (Å²) < 4.78 is 32.1. The molecule has 0 saturated carbocycles. The Hall–Kier alpha value is -1.94. The van der Waals surface area contributed by atoms with Crippen LogP contribution in [0, 0.1) is 11.6 Å². The largest absolute Gasteiger partial charge is 0.486 e. The zero-order chi connectivity index (χ0) is 14.5. The van der Waals surface area contributed by atoms with Gasteiger partial charge in [-0.25, -0.2) is 8.78 Å². The molecular weight excluding hydrogens is 260 g/mol. The fourth-order valence-corrected chi connectivity index (χ4v) is 1.81. The highest BCUT2D eigenvalue weighted by atomic mass is 19.1. The smallest absolute Gasteiger partial charge is 0.165 e. The van der Waals surface area contributed by atoms with Crippen molar-refractivity contribution in [2.45, 2.75) is 19.6 Å². The first-order chi connectivity index (χ1) is 9.60. The van der Waals surface area contributed by atoms with Crippen LogP contribution >= 0.6 is 0 Å². The Morgan fingerprint density at radius 2 is 1.80 bits per heavy atom. The highest BCUT2D eigenvalue weighted by molar-refractivity contribution is 5.31. The van der Waals surface area contributed by atoms with E-state index in [1.807, 2.05) is 20.0 Å². The third kappa shape index (κ3) is 3.54. The summed E-state index contributed by atoms with van der Waals surface area (Å²) in [5, 5.41) is 3.05. The number of hydrogen-bond donors (Lipinski definition) is 1. The minimum Gasteiger partial charge on any atom is -0.486 e. The van der Waals surface area contributed by atoms with Gasteiger partial charge in [0.1, 0.15) is 12.4 Å². The van der Waals surface area contributed by atoms with Crippen molar-refractivity contribution in [3.8, 4) is 5.75 Å². The van der Waals surface area contributed by atoms with E-state index in [1.54, 1.807) is 18.2 Å². The Labute approximate surface area is 117 Å². The van der Waals surface area contributed by atoms with Crippen LogP contribution in [0.4, 0.5) is 8.78 Å². The molecule has 0 saturated heterocycles. The van der Waals surface area contributed by atoms with Crippen LogP contribution in [0.15, 0.2) is 42.5 Å². The van der Waals surface area contributed by atoms with Crippen molar-refractivity contribution >= 4 is 0 Å². The van der Waals surface area contributed by atoms with Crippen molar-refractivity contribution in [2.75, 3.05) is 7.05 Å². The second kappa shape index (κ2) is 6.48. The molecule has 1 atom stereocenters. The summed E-state index contributed by atoms with van der Waals surface area (Å²) in [6.07, 6.45) is 0. The molecule has 0 spiro atoms. The molecule has 0 bridgehead atoms. The topological polar surface area (TPSA) is 21.3 Å². The van der Waals surface area contributed by atoms with Gasteiger partial charge in [-0.2, -0.15) is 0 Å². The van der Waals surface area contributed by atoms with Crippen LogP contribution in [0.5, 0.6) is 5.75 Å². The Kier molecular flexibility index (Phi) is 4.69. The molecule has 2 aromatic carbocycles. The van der Waals surface area contributed by atoms with Crippen LogP contribution in [0.2, 0.25) is 0 Å². The zero-order valence-corrected chi connectivity index (χ0v) is 11.5. The minimum absolute atomic E-state index is 0.0793. The number of halogens is 2. The molecule has 2 aromatic rings. The number of rotatable bonds is 5. The second-order valence-electron chi connectivity index (χ2n) is 4.62. The van der Waals surface area contributed by atoms with Crippen LogP contribution < -0.4 is 10.1 Å². The summed E-state index contributed by atoms with van der Waals surface area (Å²) in [5.74, 6) is -0.501. The van der Waals surface area contributed by atoms with Crippen LogP contribution in [-0.4, -0.2) is 7.05 Å².